The van der Waals surface area contributed by atoms with Crippen molar-refractivity contribution >= 4 is 40.4 Å². The highest BCUT2D eigenvalue weighted by molar-refractivity contribution is 5.91. The Bertz CT molecular complexity index is 2360. The lowest BCUT2D eigenvalue weighted by Crippen LogP contribution is -2.43. The van der Waals surface area contributed by atoms with Crippen LogP contribution < -0.4 is 21.5 Å². The Kier molecular flexibility index (Phi) is 14.3. The number of carbonyl (C=O) groups excluding carboxylic acids is 3. The number of anilines is 2. The molecule has 2 aliphatic heterocycles. The highest BCUT2D eigenvalue weighted by atomic mass is 19.1. The van der Waals surface area contributed by atoms with E-state index in [0.29, 0.717) is 73.9 Å². The Labute approximate surface area is 352 Å². The third-order valence-corrected chi connectivity index (χ3v) is 11.3. The number of hydrogen-bond acceptors (Lipinski definition) is 10. The first-order valence-corrected chi connectivity index (χ1v) is 20.7. The number of aromatic hydroxyl groups is 1. The maximum absolute atomic E-state index is 14.9. The molecule has 7 rings (SSSR count). The van der Waals surface area contributed by atoms with E-state index in [1.807, 2.05) is 59.5 Å². The fraction of sp³-hybridized carbons (Fsp3) is 0.348. The van der Waals surface area contributed by atoms with E-state index in [1.165, 1.54) is 30.3 Å². The van der Waals surface area contributed by atoms with Crippen LogP contribution in [0, 0.1) is 11.7 Å². The molecule has 3 amide bonds. The number of pyridine rings is 1. The predicted octanol–water partition coefficient (Wildman–Crippen LogP) is 6.75. The van der Waals surface area contributed by atoms with Crippen LogP contribution in [0.1, 0.15) is 49.3 Å². The molecule has 0 aliphatic carbocycles. The minimum atomic E-state index is -0.999. The summed E-state index contributed by atoms with van der Waals surface area (Å²) in [6.07, 6.45) is 0.828. The number of aromatic amines is 1. The summed E-state index contributed by atoms with van der Waals surface area (Å²) in [7, 11) is 0. The number of amides is 3. The number of fused-ring (bicyclic) bond motifs is 1. The Morgan fingerprint density at radius 2 is 1.61 bits per heavy atom. The number of ether oxygens (including phenoxy) is 2. The molecule has 1 unspecified atom stereocenters. The highest BCUT2D eigenvalue weighted by Crippen LogP contribution is 2.30. The van der Waals surface area contributed by atoms with Gasteiger partial charge in [0.1, 0.15) is 17.7 Å². The number of aliphatic hydroxyl groups excluding tert-OH is 1. The SMILES string of the molecule is O=C(Nc1ccc(CNCC(O)c2ccc(O)c3[nH]c(=O)ccc23)c(F)c1)OCC1CCN(C(=O)CCN2CCC(OC(=O)Nc3ccccc3-c3ccccc3)CC2)CC1. The van der Waals surface area contributed by atoms with E-state index < -0.39 is 24.1 Å². The lowest BCUT2D eigenvalue weighted by molar-refractivity contribution is -0.133. The van der Waals surface area contributed by atoms with Crippen molar-refractivity contribution in [1.82, 2.24) is 20.1 Å². The number of para-hydroxylation sites is 1. The summed E-state index contributed by atoms with van der Waals surface area (Å²) in [6.45, 7) is 3.62. The lowest BCUT2D eigenvalue weighted by Gasteiger charge is -2.34. The van der Waals surface area contributed by atoms with Gasteiger partial charge in [0, 0.05) is 80.5 Å². The molecule has 0 bridgehead atoms. The molecule has 2 aliphatic rings. The molecule has 4 aromatic carbocycles. The molecule has 0 saturated carbocycles. The van der Waals surface area contributed by atoms with Gasteiger partial charge in [0.05, 0.1) is 23.9 Å². The molecule has 2 saturated heterocycles. The van der Waals surface area contributed by atoms with Gasteiger partial charge in [-0.3, -0.25) is 20.2 Å². The third kappa shape index (κ3) is 11.5. The first-order chi connectivity index (χ1) is 29.6. The van der Waals surface area contributed by atoms with Crippen LogP contribution >= 0.6 is 0 Å². The van der Waals surface area contributed by atoms with Crippen molar-refractivity contribution in [2.24, 2.45) is 5.92 Å². The first kappa shape index (κ1) is 42.8. The average molecular weight is 835 g/mol. The molecular weight excluding hydrogens is 784 g/mol. The Morgan fingerprint density at radius 1 is 0.852 bits per heavy atom. The minimum absolute atomic E-state index is 0.0735. The topological polar surface area (TPSA) is 186 Å². The maximum Gasteiger partial charge on any atom is 0.411 e. The Hall–Kier alpha value is -6.29. The Balaban J connectivity index is 0.756. The molecule has 14 nitrogen and oxygen atoms in total. The number of carbonyl (C=O) groups is 3. The highest BCUT2D eigenvalue weighted by Gasteiger charge is 2.27. The number of likely N-dealkylation sites (tertiary alicyclic amines) is 2. The summed E-state index contributed by atoms with van der Waals surface area (Å²) in [5.74, 6) is -0.473. The van der Waals surface area contributed by atoms with Crippen LogP contribution in [0.15, 0.2) is 102 Å². The number of rotatable bonds is 14. The van der Waals surface area contributed by atoms with Crippen LogP contribution in [0.4, 0.5) is 25.4 Å². The van der Waals surface area contributed by atoms with Crippen molar-refractivity contribution in [3.63, 3.8) is 0 Å². The number of hydrogen-bond donors (Lipinski definition) is 6. The number of aromatic nitrogens is 1. The zero-order valence-electron chi connectivity index (χ0n) is 33.8. The molecule has 0 spiro atoms. The van der Waals surface area contributed by atoms with Crippen LogP contribution in [0.5, 0.6) is 5.75 Å². The largest absolute Gasteiger partial charge is 0.506 e. The second-order valence-electron chi connectivity index (χ2n) is 15.5. The summed E-state index contributed by atoms with van der Waals surface area (Å²) in [5.41, 5.74) is 3.52. The molecule has 61 heavy (non-hydrogen) atoms. The lowest BCUT2D eigenvalue weighted by atomic mass is 9.97. The maximum atomic E-state index is 14.9. The van der Waals surface area contributed by atoms with Crippen LogP contribution in [0.2, 0.25) is 0 Å². The van der Waals surface area contributed by atoms with E-state index in [4.69, 9.17) is 9.47 Å². The molecule has 6 N–H and O–H groups in total. The standard InChI is InChI=1S/C46H51FN6O8/c47-38-26-33(11-10-32(38)27-48-28-41(55)36-12-14-40(54)44-37(36)13-15-42(56)51-44)49-45(58)60-29-30-16-24-53(25-17-30)43(57)20-23-52-21-18-34(19-22-52)61-46(59)50-39-9-5-4-8-35(39)31-6-2-1-3-7-31/h1-15,26,30,34,41,48,54-55H,16-25,27-29H2,(H,49,58)(H,50,59)(H,51,56). The van der Waals surface area contributed by atoms with Gasteiger partial charge in [-0.2, -0.15) is 0 Å². The number of piperidine rings is 2. The van der Waals surface area contributed by atoms with E-state index in [1.54, 1.807) is 12.1 Å². The van der Waals surface area contributed by atoms with Gasteiger partial charge < -0.3 is 39.8 Å². The molecule has 15 heteroatoms. The zero-order chi connectivity index (χ0) is 42.7. The van der Waals surface area contributed by atoms with Crippen LogP contribution in [-0.2, 0) is 20.8 Å². The van der Waals surface area contributed by atoms with Crippen LogP contribution in [-0.4, -0.2) is 95.1 Å². The molecule has 1 aromatic heterocycles. The average Bonchev–Trinajstić information content (AvgIpc) is 3.27. The molecule has 1 atom stereocenters. The van der Waals surface area contributed by atoms with Gasteiger partial charge in [-0.15, -0.1) is 0 Å². The fourth-order valence-electron chi connectivity index (χ4n) is 7.88. The van der Waals surface area contributed by atoms with Gasteiger partial charge in [-0.05, 0) is 73.1 Å². The number of nitrogens with zero attached hydrogens (tertiary/aromatic N) is 2. The molecule has 3 heterocycles. The van der Waals surface area contributed by atoms with E-state index in [2.05, 4.69) is 25.8 Å². The Morgan fingerprint density at radius 3 is 2.38 bits per heavy atom. The van der Waals surface area contributed by atoms with Gasteiger partial charge in [-0.1, -0.05) is 60.7 Å². The second-order valence-corrected chi connectivity index (χ2v) is 15.5. The third-order valence-electron chi connectivity index (χ3n) is 11.3. The van der Waals surface area contributed by atoms with E-state index >= 15 is 0 Å². The molecule has 320 valence electrons. The van der Waals surface area contributed by atoms with Crippen molar-refractivity contribution < 1.29 is 38.5 Å². The number of phenolic OH excluding ortho intramolecular Hbond substituents is 1. The summed E-state index contributed by atoms with van der Waals surface area (Å²) in [6, 6.07) is 27.6. The number of nitrogens with one attached hydrogen (secondary N) is 4. The number of aliphatic hydroxyl groups is 1. The number of H-pyrrole nitrogens is 1. The van der Waals surface area contributed by atoms with Crippen molar-refractivity contribution in [2.45, 2.75) is 50.9 Å². The normalized spacial score (nSPS) is 15.6. The molecular formula is C46H51FN6O8. The van der Waals surface area contributed by atoms with Crippen LogP contribution in [0.3, 0.4) is 0 Å². The van der Waals surface area contributed by atoms with Gasteiger partial charge >= 0.3 is 12.2 Å². The number of phenols is 1. The van der Waals surface area contributed by atoms with Gasteiger partial charge in [0.15, 0.2) is 0 Å². The van der Waals surface area contributed by atoms with Crippen LogP contribution in [0.25, 0.3) is 22.0 Å². The second kappa shape index (κ2) is 20.3. The number of halogens is 1. The first-order valence-electron chi connectivity index (χ1n) is 20.7. The van der Waals surface area contributed by atoms with Crippen molar-refractivity contribution in [3.05, 3.63) is 124 Å². The smallest absolute Gasteiger partial charge is 0.411 e. The van der Waals surface area contributed by atoms with Crippen molar-refractivity contribution in [1.29, 1.82) is 0 Å². The van der Waals surface area contributed by atoms with Gasteiger partial charge in [-0.25, -0.2) is 14.0 Å². The summed E-state index contributed by atoms with van der Waals surface area (Å²) >= 11 is 0. The van der Waals surface area contributed by atoms with Crippen molar-refractivity contribution in [3.8, 4) is 16.9 Å². The molecule has 0 radical (unpaired) electrons. The van der Waals surface area contributed by atoms with Gasteiger partial charge in [0.25, 0.3) is 0 Å². The quantitative estimate of drug-likeness (QED) is 0.0699. The summed E-state index contributed by atoms with van der Waals surface area (Å²) in [4.78, 5) is 56.7. The van der Waals surface area contributed by atoms with Crippen molar-refractivity contribution in [2.75, 3.05) is 56.5 Å². The monoisotopic (exact) mass is 834 g/mol. The van der Waals surface area contributed by atoms with E-state index in [9.17, 15) is 33.8 Å². The summed E-state index contributed by atoms with van der Waals surface area (Å²) < 4.78 is 26.1. The van der Waals surface area contributed by atoms with E-state index in [-0.39, 0.29) is 60.1 Å². The van der Waals surface area contributed by atoms with E-state index in [0.717, 1.165) is 24.2 Å². The summed E-state index contributed by atoms with van der Waals surface area (Å²) in [5, 5.41) is 29.9. The fourth-order valence-corrected chi connectivity index (χ4v) is 7.88. The molecule has 2 fully saturated rings. The molecule has 5 aromatic rings. The number of benzene rings is 4. The van der Waals surface area contributed by atoms with Gasteiger partial charge in [0.2, 0.25) is 11.5 Å². The zero-order valence-corrected chi connectivity index (χ0v) is 33.8. The minimum Gasteiger partial charge on any atom is -0.506 e. The predicted molar refractivity (Wildman–Crippen MR) is 230 cm³/mol.